The first-order valence-corrected chi connectivity index (χ1v) is 5.41. The largest absolute Gasteiger partial charge is 0.508 e. The van der Waals surface area contributed by atoms with Crippen LogP contribution >= 0.6 is 7.59 Å². The molecule has 1 rings (SSSR count). The lowest BCUT2D eigenvalue weighted by Crippen LogP contribution is -2.24. The van der Waals surface area contributed by atoms with Gasteiger partial charge in [0.25, 0.3) is 7.59 Å². The van der Waals surface area contributed by atoms with Crippen molar-refractivity contribution in [3.8, 4) is 5.75 Å². The molecular weight excluding hydrogens is 189 g/mol. The van der Waals surface area contributed by atoms with E-state index >= 15 is 0 Å². The molecule has 0 saturated heterocycles. The monoisotopic (exact) mass is 201 g/mol. The average molecular weight is 201 g/mol. The highest BCUT2D eigenvalue weighted by atomic mass is 31.2. The summed E-state index contributed by atoms with van der Waals surface area (Å²) >= 11 is 0. The van der Waals surface area contributed by atoms with Gasteiger partial charge in [0, 0.05) is 12.7 Å². The van der Waals surface area contributed by atoms with Crippen LogP contribution in [0.25, 0.3) is 0 Å². The van der Waals surface area contributed by atoms with Crippen molar-refractivity contribution >= 4 is 13.3 Å². The number of nitrogens with two attached hydrogens (primary N) is 2. The molecule has 0 aliphatic rings. The molecule has 1 aromatic carbocycles. The molecule has 0 atom stereocenters. The third-order valence-electron chi connectivity index (χ3n) is 1.69. The minimum atomic E-state index is -3.24. The van der Waals surface area contributed by atoms with Gasteiger partial charge < -0.3 is 9.78 Å². The molecule has 5 N–H and O–H groups in total. The lowest BCUT2D eigenvalue weighted by molar-refractivity contribution is 0.475. The van der Waals surface area contributed by atoms with Crippen molar-refractivity contribution in [1.82, 2.24) is 0 Å². The molecule has 0 bridgehead atoms. The van der Waals surface area contributed by atoms with E-state index in [0.717, 1.165) is 0 Å². The molecule has 0 amide bonds. The zero-order valence-electron chi connectivity index (χ0n) is 7.21. The Balaban J connectivity index is 2.97. The summed E-state index contributed by atoms with van der Waals surface area (Å²) < 4.78 is 12.5. The van der Waals surface area contributed by atoms with E-state index in [-0.39, 0.29) is 5.75 Å². The highest BCUT2D eigenvalue weighted by Crippen LogP contribution is 2.35. The van der Waals surface area contributed by atoms with Crippen LogP contribution in [0.4, 0.5) is 5.69 Å². The lowest BCUT2D eigenvalue weighted by atomic mass is 10.3. The number of rotatable bonds is 2. The summed E-state index contributed by atoms with van der Waals surface area (Å²) in [4.78, 5) is 0. The standard InChI is InChI=1S/C7H12N3O2P/c1-10(13(8,9)12)6-2-4-7(11)5-3-6/h2-5,11H,1H3,(H4,8,9,12). The van der Waals surface area contributed by atoms with Crippen molar-refractivity contribution in [1.29, 1.82) is 0 Å². The van der Waals surface area contributed by atoms with Gasteiger partial charge in [-0.05, 0) is 24.3 Å². The van der Waals surface area contributed by atoms with Crippen molar-refractivity contribution in [2.75, 3.05) is 11.7 Å². The summed E-state index contributed by atoms with van der Waals surface area (Å²) in [5, 5.41) is 8.99. The van der Waals surface area contributed by atoms with Crippen LogP contribution in [0, 0.1) is 0 Å². The fourth-order valence-electron chi connectivity index (χ4n) is 0.849. The van der Waals surface area contributed by atoms with Gasteiger partial charge in [0.1, 0.15) is 5.75 Å². The Morgan fingerprint density at radius 2 is 1.77 bits per heavy atom. The fraction of sp³-hybridized carbons (Fsp3) is 0.143. The predicted molar refractivity (Wildman–Crippen MR) is 52.5 cm³/mol. The molecule has 1 aromatic rings. The Hall–Kier alpha value is -1.03. The van der Waals surface area contributed by atoms with Gasteiger partial charge in [0.05, 0.1) is 0 Å². The minimum Gasteiger partial charge on any atom is -0.508 e. The van der Waals surface area contributed by atoms with E-state index in [1.165, 1.54) is 23.9 Å². The van der Waals surface area contributed by atoms with Gasteiger partial charge in [-0.2, -0.15) is 0 Å². The van der Waals surface area contributed by atoms with Crippen molar-refractivity contribution < 1.29 is 9.67 Å². The minimum absolute atomic E-state index is 0.140. The average Bonchev–Trinajstić information content (AvgIpc) is 2.03. The van der Waals surface area contributed by atoms with Crippen LogP contribution < -0.4 is 15.7 Å². The molecule has 0 spiro atoms. The topological polar surface area (TPSA) is 92.6 Å². The van der Waals surface area contributed by atoms with Crippen molar-refractivity contribution in [2.45, 2.75) is 0 Å². The highest BCUT2D eigenvalue weighted by molar-refractivity contribution is 7.60. The van der Waals surface area contributed by atoms with Crippen LogP contribution in [0.2, 0.25) is 0 Å². The normalized spacial score (nSPS) is 11.3. The van der Waals surface area contributed by atoms with E-state index in [1.54, 1.807) is 12.1 Å². The van der Waals surface area contributed by atoms with E-state index in [0.29, 0.717) is 5.69 Å². The Morgan fingerprint density at radius 1 is 1.31 bits per heavy atom. The van der Waals surface area contributed by atoms with E-state index in [1.807, 2.05) is 0 Å². The number of hydrogen-bond acceptors (Lipinski definition) is 2. The summed E-state index contributed by atoms with van der Waals surface area (Å²) in [7, 11) is -1.71. The molecule has 0 fully saturated rings. The maximum absolute atomic E-state index is 11.2. The SMILES string of the molecule is CN(c1ccc(O)cc1)P(N)(N)=O. The first-order chi connectivity index (χ1) is 5.91. The zero-order valence-corrected chi connectivity index (χ0v) is 8.11. The van der Waals surface area contributed by atoms with E-state index in [4.69, 9.17) is 16.1 Å². The molecule has 0 aliphatic carbocycles. The Kier molecular flexibility index (Phi) is 2.61. The number of phenolic OH excluding ortho intramolecular Hbond substituents is 1. The number of nitrogens with zero attached hydrogens (tertiary/aromatic N) is 1. The van der Waals surface area contributed by atoms with Crippen molar-refractivity contribution in [3.63, 3.8) is 0 Å². The molecule has 0 unspecified atom stereocenters. The van der Waals surface area contributed by atoms with Gasteiger partial charge in [-0.15, -0.1) is 0 Å². The Morgan fingerprint density at radius 3 is 2.15 bits per heavy atom. The van der Waals surface area contributed by atoms with Crippen LogP contribution in [0.15, 0.2) is 24.3 Å². The van der Waals surface area contributed by atoms with Gasteiger partial charge in [-0.25, -0.2) is 0 Å². The van der Waals surface area contributed by atoms with Gasteiger partial charge in [0.2, 0.25) is 0 Å². The van der Waals surface area contributed by atoms with Crippen LogP contribution in [0.1, 0.15) is 0 Å². The number of phenols is 1. The lowest BCUT2D eigenvalue weighted by Gasteiger charge is -2.22. The first-order valence-electron chi connectivity index (χ1n) is 3.61. The summed E-state index contributed by atoms with van der Waals surface area (Å²) in [6.07, 6.45) is 0. The van der Waals surface area contributed by atoms with Crippen LogP contribution in [0.5, 0.6) is 5.75 Å². The molecular formula is C7H12N3O2P. The van der Waals surface area contributed by atoms with E-state index in [9.17, 15) is 4.57 Å². The molecule has 72 valence electrons. The third kappa shape index (κ3) is 2.45. The molecule has 0 aliphatic heterocycles. The number of hydrogen-bond donors (Lipinski definition) is 3. The molecule has 0 radical (unpaired) electrons. The molecule has 6 heteroatoms. The number of anilines is 1. The van der Waals surface area contributed by atoms with Gasteiger partial charge in [0.15, 0.2) is 0 Å². The fourth-order valence-corrected chi connectivity index (χ4v) is 1.34. The third-order valence-corrected chi connectivity index (χ3v) is 2.86. The van der Waals surface area contributed by atoms with Crippen LogP contribution in [-0.2, 0) is 4.57 Å². The van der Waals surface area contributed by atoms with E-state index < -0.39 is 7.59 Å². The smallest absolute Gasteiger partial charge is 0.300 e. The second-order valence-corrected chi connectivity index (χ2v) is 4.66. The summed E-state index contributed by atoms with van der Waals surface area (Å²) in [5.41, 5.74) is 11.1. The number of aromatic hydroxyl groups is 1. The summed E-state index contributed by atoms with van der Waals surface area (Å²) in [6.45, 7) is 0. The summed E-state index contributed by atoms with van der Waals surface area (Å²) in [6, 6.07) is 6.12. The Bertz CT molecular complexity index is 332. The van der Waals surface area contributed by atoms with E-state index in [2.05, 4.69) is 0 Å². The molecule has 0 saturated carbocycles. The molecule has 0 aromatic heterocycles. The zero-order chi connectivity index (χ0) is 10.1. The van der Waals surface area contributed by atoms with Crippen molar-refractivity contribution in [2.24, 2.45) is 11.0 Å². The second kappa shape index (κ2) is 3.38. The maximum atomic E-state index is 11.2. The second-order valence-electron chi connectivity index (χ2n) is 2.71. The predicted octanol–water partition coefficient (Wildman–Crippen LogP) is 0.854. The first kappa shape index (κ1) is 10.1. The summed E-state index contributed by atoms with van der Waals surface area (Å²) in [5.74, 6) is 0.140. The number of benzene rings is 1. The molecule has 13 heavy (non-hydrogen) atoms. The van der Waals surface area contributed by atoms with Crippen LogP contribution in [0.3, 0.4) is 0 Å². The van der Waals surface area contributed by atoms with Gasteiger partial charge in [-0.3, -0.25) is 15.6 Å². The Labute approximate surface area is 76.5 Å². The van der Waals surface area contributed by atoms with Crippen molar-refractivity contribution in [3.05, 3.63) is 24.3 Å². The van der Waals surface area contributed by atoms with Gasteiger partial charge >= 0.3 is 0 Å². The maximum Gasteiger partial charge on any atom is 0.300 e. The van der Waals surface area contributed by atoms with Crippen LogP contribution in [-0.4, -0.2) is 12.2 Å². The quantitative estimate of drug-likeness (QED) is 0.617. The molecule has 5 nitrogen and oxygen atoms in total. The van der Waals surface area contributed by atoms with Gasteiger partial charge in [-0.1, -0.05) is 0 Å². The highest BCUT2D eigenvalue weighted by Gasteiger charge is 2.16. The molecule has 0 heterocycles.